The molecule has 1 rings (SSSR count). The van der Waals surface area contributed by atoms with Gasteiger partial charge in [-0.15, -0.1) is 0 Å². The van der Waals surface area contributed by atoms with Crippen LogP contribution in [0.25, 0.3) is 0 Å². The Balaban J connectivity index is 2.47. The molecule has 4 nitrogen and oxygen atoms in total. The molecule has 0 spiro atoms. The van der Waals surface area contributed by atoms with Crippen molar-refractivity contribution in [3.8, 4) is 0 Å². The molecule has 0 aromatic rings. The number of nitrogens with zero attached hydrogens (tertiary/aromatic N) is 1. The Morgan fingerprint density at radius 3 is 2.67 bits per heavy atom. The molecule has 4 heteroatoms. The van der Waals surface area contributed by atoms with E-state index in [0.29, 0.717) is 25.6 Å². The lowest BCUT2D eigenvalue weighted by Crippen LogP contribution is -2.42. The lowest BCUT2D eigenvalue weighted by atomic mass is 9.96. The van der Waals surface area contributed by atoms with Crippen molar-refractivity contribution in [3.63, 3.8) is 0 Å². The lowest BCUT2D eigenvalue weighted by molar-refractivity contribution is -0.201. The van der Waals surface area contributed by atoms with Crippen LogP contribution in [0, 0.1) is 11.8 Å². The number of rotatable bonds is 4. The van der Waals surface area contributed by atoms with E-state index in [1.165, 1.54) is 5.06 Å². The highest BCUT2D eigenvalue weighted by Gasteiger charge is 2.25. The van der Waals surface area contributed by atoms with Crippen molar-refractivity contribution in [2.24, 2.45) is 17.6 Å². The summed E-state index contributed by atoms with van der Waals surface area (Å²) in [5, 5.41) is 1.50. The molecule has 1 aliphatic rings. The van der Waals surface area contributed by atoms with E-state index in [0.717, 1.165) is 19.3 Å². The number of amides is 1. The summed E-state index contributed by atoms with van der Waals surface area (Å²) in [5.41, 5.74) is 5.63. The molecule has 1 aliphatic heterocycles. The van der Waals surface area contributed by atoms with Gasteiger partial charge in [0, 0.05) is 13.1 Å². The summed E-state index contributed by atoms with van der Waals surface area (Å²) in [6, 6.07) is 0. The molecule has 0 radical (unpaired) electrons. The van der Waals surface area contributed by atoms with Crippen molar-refractivity contribution in [3.05, 3.63) is 0 Å². The molecule has 15 heavy (non-hydrogen) atoms. The first-order valence-corrected chi connectivity index (χ1v) is 5.79. The Hall–Kier alpha value is -0.610. The number of hydrogen-bond acceptors (Lipinski definition) is 3. The molecular formula is C11H22N2O2. The Labute approximate surface area is 91.7 Å². The molecule has 0 aromatic heterocycles. The van der Waals surface area contributed by atoms with Gasteiger partial charge in [-0.3, -0.25) is 9.63 Å². The molecule has 1 heterocycles. The number of hydrogen-bond donors (Lipinski definition) is 1. The molecule has 88 valence electrons. The van der Waals surface area contributed by atoms with E-state index in [1.54, 1.807) is 0 Å². The van der Waals surface area contributed by atoms with Crippen LogP contribution in [0.1, 0.15) is 33.1 Å². The maximum absolute atomic E-state index is 12.0. The standard InChI is InChI=1S/C11H22N2O2/c1-9(2)7-10(8-12)11(14)13-5-3-4-6-15-13/h9-10H,3-8,12H2,1-2H3. The molecule has 0 saturated carbocycles. The predicted octanol–water partition coefficient (Wildman–Crippen LogP) is 1.16. The third-order valence-electron chi connectivity index (χ3n) is 2.64. The highest BCUT2D eigenvalue weighted by Crippen LogP contribution is 2.16. The average Bonchev–Trinajstić information content (AvgIpc) is 2.26. The van der Waals surface area contributed by atoms with Gasteiger partial charge in [-0.25, -0.2) is 5.06 Å². The van der Waals surface area contributed by atoms with Gasteiger partial charge in [0.2, 0.25) is 0 Å². The Morgan fingerprint density at radius 1 is 1.47 bits per heavy atom. The van der Waals surface area contributed by atoms with Crippen LogP contribution in [-0.4, -0.2) is 30.7 Å². The molecule has 0 aliphatic carbocycles. The Bertz CT molecular complexity index is 201. The predicted molar refractivity (Wildman–Crippen MR) is 58.9 cm³/mol. The van der Waals surface area contributed by atoms with Crippen molar-refractivity contribution >= 4 is 5.91 Å². The molecule has 0 aromatic carbocycles. The minimum Gasteiger partial charge on any atom is -0.330 e. The van der Waals surface area contributed by atoms with Crippen molar-refractivity contribution in [2.45, 2.75) is 33.1 Å². The van der Waals surface area contributed by atoms with Gasteiger partial charge in [0.15, 0.2) is 0 Å². The number of carbonyl (C=O) groups is 1. The second kappa shape index (κ2) is 6.08. The van der Waals surface area contributed by atoms with Crippen LogP contribution < -0.4 is 5.73 Å². The van der Waals surface area contributed by atoms with Gasteiger partial charge in [-0.2, -0.15) is 0 Å². The second-order valence-electron chi connectivity index (χ2n) is 4.54. The maximum Gasteiger partial charge on any atom is 0.250 e. The van der Waals surface area contributed by atoms with E-state index in [4.69, 9.17) is 10.6 Å². The third kappa shape index (κ3) is 3.80. The topological polar surface area (TPSA) is 55.6 Å². The van der Waals surface area contributed by atoms with Gasteiger partial charge < -0.3 is 5.73 Å². The van der Waals surface area contributed by atoms with Crippen molar-refractivity contribution in [2.75, 3.05) is 19.7 Å². The monoisotopic (exact) mass is 214 g/mol. The summed E-state index contributed by atoms with van der Waals surface area (Å²) in [4.78, 5) is 17.3. The van der Waals surface area contributed by atoms with Gasteiger partial charge in [0.25, 0.3) is 5.91 Å². The first kappa shape index (κ1) is 12.5. The molecule has 2 N–H and O–H groups in total. The quantitative estimate of drug-likeness (QED) is 0.764. The van der Waals surface area contributed by atoms with Gasteiger partial charge in [0.05, 0.1) is 12.5 Å². The van der Waals surface area contributed by atoms with Crippen LogP contribution in [0.5, 0.6) is 0 Å². The SMILES string of the molecule is CC(C)CC(CN)C(=O)N1CCCCO1. The number of nitrogens with two attached hydrogens (primary N) is 1. The molecule has 1 unspecified atom stereocenters. The molecular weight excluding hydrogens is 192 g/mol. The fourth-order valence-electron chi connectivity index (χ4n) is 1.84. The van der Waals surface area contributed by atoms with Crippen LogP contribution in [0.15, 0.2) is 0 Å². The second-order valence-corrected chi connectivity index (χ2v) is 4.54. The zero-order chi connectivity index (χ0) is 11.3. The summed E-state index contributed by atoms with van der Waals surface area (Å²) in [5.74, 6) is 0.473. The van der Waals surface area contributed by atoms with Crippen molar-refractivity contribution < 1.29 is 9.63 Å². The van der Waals surface area contributed by atoms with E-state index in [1.807, 2.05) is 0 Å². The van der Waals surface area contributed by atoms with Crippen LogP contribution >= 0.6 is 0 Å². The van der Waals surface area contributed by atoms with Crippen molar-refractivity contribution in [1.29, 1.82) is 0 Å². The largest absolute Gasteiger partial charge is 0.330 e. The minimum atomic E-state index is -0.0805. The highest BCUT2D eigenvalue weighted by molar-refractivity contribution is 5.78. The summed E-state index contributed by atoms with van der Waals surface area (Å²) in [6.45, 7) is 6.00. The molecule has 1 fully saturated rings. The zero-order valence-electron chi connectivity index (χ0n) is 9.74. The van der Waals surface area contributed by atoms with E-state index < -0.39 is 0 Å². The third-order valence-corrected chi connectivity index (χ3v) is 2.64. The number of carbonyl (C=O) groups excluding carboxylic acids is 1. The normalized spacial score (nSPS) is 19.3. The summed E-state index contributed by atoms with van der Waals surface area (Å²) < 4.78 is 0. The minimum absolute atomic E-state index is 0.0610. The Kier molecular flexibility index (Phi) is 5.05. The first-order chi connectivity index (χ1) is 7.15. The molecule has 1 atom stereocenters. The first-order valence-electron chi connectivity index (χ1n) is 5.79. The zero-order valence-corrected chi connectivity index (χ0v) is 9.74. The fourth-order valence-corrected chi connectivity index (χ4v) is 1.84. The van der Waals surface area contributed by atoms with Crippen LogP contribution in [0.4, 0.5) is 0 Å². The van der Waals surface area contributed by atoms with E-state index in [2.05, 4.69) is 13.8 Å². The lowest BCUT2D eigenvalue weighted by Gasteiger charge is -2.29. The molecule has 1 saturated heterocycles. The Morgan fingerprint density at radius 2 is 2.20 bits per heavy atom. The van der Waals surface area contributed by atoms with Crippen molar-refractivity contribution in [1.82, 2.24) is 5.06 Å². The number of hydroxylamine groups is 2. The van der Waals surface area contributed by atoms with Crippen LogP contribution in [0.3, 0.4) is 0 Å². The fraction of sp³-hybridized carbons (Fsp3) is 0.909. The van der Waals surface area contributed by atoms with E-state index in [-0.39, 0.29) is 11.8 Å². The summed E-state index contributed by atoms with van der Waals surface area (Å²) in [7, 11) is 0. The van der Waals surface area contributed by atoms with Gasteiger partial charge in [-0.05, 0) is 25.2 Å². The summed E-state index contributed by atoms with van der Waals surface area (Å²) >= 11 is 0. The van der Waals surface area contributed by atoms with E-state index in [9.17, 15) is 4.79 Å². The van der Waals surface area contributed by atoms with Crippen LogP contribution in [0.2, 0.25) is 0 Å². The highest BCUT2D eigenvalue weighted by atomic mass is 16.7. The van der Waals surface area contributed by atoms with Gasteiger partial charge >= 0.3 is 0 Å². The maximum atomic E-state index is 12.0. The van der Waals surface area contributed by atoms with E-state index >= 15 is 0 Å². The summed E-state index contributed by atoms with van der Waals surface area (Å²) in [6.07, 6.45) is 2.92. The average molecular weight is 214 g/mol. The molecule has 0 bridgehead atoms. The molecule has 1 amide bonds. The smallest absolute Gasteiger partial charge is 0.250 e. The van der Waals surface area contributed by atoms with Crippen LogP contribution in [-0.2, 0) is 9.63 Å². The van der Waals surface area contributed by atoms with Gasteiger partial charge in [0.1, 0.15) is 0 Å². The van der Waals surface area contributed by atoms with Gasteiger partial charge in [-0.1, -0.05) is 13.8 Å².